The van der Waals surface area contributed by atoms with Gasteiger partial charge >= 0.3 is 0 Å². The Morgan fingerprint density at radius 1 is 1.40 bits per heavy atom. The van der Waals surface area contributed by atoms with E-state index < -0.39 is 13.0 Å². The minimum atomic E-state index is -2.52. The second-order valence-electron chi connectivity index (χ2n) is 3.01. The van der Waals surface area contributed by atoms with Crippen LogP contribution in [0.4, 0.5) is 14.6 Å². The van der Waals surface area contributed by atoms with E-state index in [2.05, 4.69) is 9.97 Å². The van der Waals surface area contributed by atoms with E-state index in [-0.39, 0.29) is 11.7 Å². The summed E-state index contributed by atoms with van der Waals surface area (Å²) in [5.41, 5.74) is 6.08. The lowest BCUT2D eigenvalue weighted by Crippen LogP contribution is -2.11. The van der Waals surface area contributed by atoms with Crippen LogP contribution >= 0.6 is 0 Å². The summed E-state index contributed by atoms with van der Waals surface area (Å²) in [4.78, 5) is 7.96. The van der Waals surface area contributed by atoms with Crippen LogP contribution in [0.3, 0.4) is 0 Å². The molecule has 1 aromatic heterocycles. The van der Waals surface area contributed by atoms with Crippen LogP contribution in [0.25, 0.3) is 0 Å². The number of anilines is 1. The zero-order valence-electron chi connectivity index (χ0n) is 8.63. The molecule has 1 heterocycles. The number of hydrogen-bond donors (Lipinski definition) is 1. The summed E-state index contributed by atoms with van der Waals surface area (Å²) in [7, 11) is 0. The van der Waals surface area contributed by atoms with Gasteiger partial charge in [0.25, 0.3) is 6.43 Å². The molecule has 0 aliphatic carbocycles. The largest absolute Gasteiger partial charge is 0.471 e. The number of nitrogens with two attached hydrogens (primary N) is 1. The molecule has 6 heteroatoms. The van der Waals surface area contributed by atoms with E-state index in [4.69, 9.17) is 10.5 Å². The van der Waals surface area contributed by atoms with Crippen LogP contribution in [0.15, 0.2) is 0 Å². The summed E-state index contributed by atoms with van der Waals surface area (Å²) >= 11 is 0. The molecule has 0 amide bonds. The Morgan fingerprint density at radius 2 is 2.07 bits per heavy atom. The van der Waals surface area contributed by atoms with Crippen molar-refractivity contribution in [3.8, 4) is 5.88 Å². The second kappa shape index (κ2) is 4.86. The highest BCUT2D eigenvalue weighted by atomic mass is 19.3. The Labute approximate surface area is 86.5 Å². The summed E-state index contributed by atoms with van der Waals surface area (Å²) in [6, 6.07) is 0. The quantitative estimate of drug-likeness (QED) is 0.831. The number of nitrogen functional groups attached to an aromatic ring is 1. The van der Waals surface area contributed by atoms with Crippen LogP contribution in [0.2, 0.25) is 0 Å². The minimum absolute atomic E-state index is 0.139. The van der Waals surface area contributed by atoms with E-state index in [1.165, 1.54) is 0 Å². The molecule has 2 N–H and O–H groups in total. The van der Waals surface area contributed by atoms with E-state index in [1.807, 2.05) is 6.92 Å². The van der Waals surface area contributed by atoms with Gasteiger partial charge in [-0.25, -0.2) is 13.8 Å². The maximum absolute atomic E-state index is 11.9. The number of halogens is 2. The van der Waals surface area contributed by atoms with Crippen LogP contribution in [0, 0.1) is 6.92 Å². The highest BCUT2D eigenvalue weighted by Gasteiger charge is 2.11. The molecule has 0 bridgehead atoms. The molecule has 0 radical (unpaired) electrons. The summed E-state index contributed by atoms with van der Waals surface area (Å²) in [6.45, 7) is 2.80. The molecule has 0 aliphatic rings. The first-order valence-corrected chi connectivity index (χ1v) is 4.58. The molecule has 1 aromatic rings. The van der Waals surface area contributed by atoms with Gasteiger partial charge in [0, 0.05) is 6.42 Å². The van der Waals surface area contributed by atoms with Gasteiger partial charge in [-0.3, -0.25) is 0 Å². The predicted octanol–water partition coefficient (Wildman–Crippen LogP) is 1.57. The van der Waals surface area contributed by atoms with E-state index in [0.717, 1.165) is 0 Å². The highest BCUT2D eigenvalue weighted by Crippen LogP contribution is 2.20. The number of nitrogens with zero attached hydrogens (tertiary/aromatic N) is 2. The van der Waals surface area contributed by atoms with Gasteiger partial charge in [-0.1, -0.05) is 6.92 Å². The van der Waals surface area contributed by atoms with Gasteiger partial charge in [-0.15, -0.1) is 0 Å². The fraction of sp³-hybridized carbons (Fsp3) is 0.556. The lowest BCUT2D eigenvalue weighted by molar-refractivity contribution is 0.0790. The highest BCUT2D eigenvalue weighted by molar-refractivity contribution is 5.44. The van der Waals surface area contributed by atoms with Gasteiger partial charge in [0.15, 0.2) is 6.61 Å². The first kappa shape index (κ1) is 11.6. The van der Waals surface area contributed by atoms with Crippen molar-refractivity contribution >= 4 is 5.82 Å². The van der Waals surface area contributed by atoms with Gasteiger partial charge < -0.3 is 10.5 Å². The summed E-state index contributed by atoms with van der Waals surface area (Å²) < 4.78 is 28.7. The summed E-state index contributed by atoms with van der Waals surface area (Å²) in [5.74, 6) is 0.896. The molecule has 0 saturated carbocycles. The maximum Gasteiger partial charge on any atom is 0.272 e. The van der Waals surface area contributed by atoms with E-state index in [0.29, 0.717) is 17.8 Å². The monoisotopic (exact) mass is 217 g/mol. The first-order chi connectivity index (χ1) is 7.04. The fourth-order valence-electron chi connectivity index (χ4n) is 0.999. The molecular weight excluding hydrogens is 204 g/mol. The number of aromatic nitrogens is 2. The molecule has 0 fully saturated rings. The molecule has 0 atom stereocenters. The molecule has 0 saturated heterocycles. The van der Waals surface area contributed by atoms with Gasteiger partial charge in [0.05, 0.1) is 5.56 Å². The number of aryl methyl sites for hydroxylation is 1. The van der Waals surface area contributed by atoms with Crippen LogP contribution in [-0.2, 0) is 6.42 Å². The normalized spacial score (nSPS) is 10.7. The van der Waals surface area contributed by atoms with Gasteiger partial charge in [-0.05, 0) is 6.92 Å². The lowest BCUT2D eigenvalue weighted by Gasteiger charge is -2.10. The van der Waals surface area contributed by atoms with E-state index in [9.17, 15) is 8.78 Å². The number of rotatable bonds is 4. The van der Waals surface area contributed by atoms with Crippen molar-refractivity contribution in [1.29, 1.82) is 0 Å². The van der Waals surface area contributed by atoms with Crippen LogP contribution < -0.4 is 10.5 Å². The van der Waals surface area contributed by atoms with E-state index >= 15 is 0 Å². The first-order valence-electron chi connectivity index (χ1n) is 4.58. The van der Waals surface area contributed by atoms with Crippen molar-refractivity contribution in [3.05, 3.63) is 11.4 Å². The number of hydrogen-bond acceptors (Lipinski definition) is 4. The third-order valence-corrected chi connectivity index (χ3v) is 1.85. The number of alkyl halides is 2. The zero-order chi connectivity index (χ0) is 11.4. The minimum Gasteiger partial charge on any atom is -0.471 e. The SMILES string of the molecule is CCc1nc(N)c(C)c(OCC(F)F)n1. The van der Waals surface area contributed by atoms with Crippen molar-refractivity contribution in [3.63, 3.8) is 0 Å². The maximum atomic E-state index is 11.9. The molecule has 1 rings (SSSR count). The standard InChI is InChI=1S/C9H13F2N3O/c1-3-7-13-8(12)5(2)9(14-7)15-4-6(10)11/h6H,3-4H2,1-2H3,(H2,12,13,14). The van der Waals surface area contributed by atoms with Crippen LogP contribution in [-0.4, -0.2) is 23.0 Å². The summed E-state index contributed by atoms with van der Waals surface area (Å²) in [5, 5.41) is 0. The number of ether oxygens (including phenoxy) is 1. The van der Waals surface area contributed by atoms with Gasteiger partial charge in [0.2, 0.25) is 5.88 Å². The molecule has 4 nitrogen and oxygen atoms in total. The van der Waals surface area contributed by atoms with Crippen molar-refractivity contribution in [2.24, 2.45) is 0 Å². The second-order valence-corrected chi connectivity index (χ2v) is 3.01. The fourth-order valence-corrected chi connectivity index (χ4v) is 0.999. The van der Waals surface area contributed by atoms with Crippen molar-refractivity contribution in [2.75, 3.05) is 12.3 Å². The molecule has 0 unspecified atom stereocenters. The molecule has 84 valence electrons. The molecule has 0 aromatic carbocycles. The Hall–Kier alpha value is -1.46. The van der Waals surface area contributed by atoms with Crippen molar-refractivity contribution in [2.45, 2.75) is 26.7 Å². The Balaban J connectivity index is 2.90. The van der Waals surface area contributed by atoms with Gasteiger partial charge in [0.1, 0.15) is 11.6 Å². The third-order valence-electron chi connectivity index (χ3n) is 1.85. The zero-order valence-corrected chi connectivity index (χ0v) is 8.63. The summed E-state index contributed by atoms with van der Waals surface area (Å²) in [6.07, 6.45) is -1.94. The van der Waals surface area contributed by atoms with Crippen LogP contribution in [0.5, 0.6) is 5.88 Å². The average Bonchev–Trinajstić information content (AvgIpc) is 2.19. The molecular formula is C9H13F2N3O. The van der Waals surface area contributed by atoms with Crippen molar-refractivity contribution < 1.29 is 13.5 Å². The molecule has 0 spiro atoms. The Bertz CT molecular complexity index is 344. The van der Waals surface area contributed by atoms with Gasteiger partial charge in [-0.2, -0.15) is 4.98 Å². The third kappa shape index (κ3) is 3.00. The molecule has 0 aliphatic heterocycles. The Morgan fingerprint density at radius 3 is 2.60 bits per heavy atom. The van der Waals surface area contributed by atoms with Crippen molar-refractivity contribution in [1.82, 2.24) is 9.97 Å². The predicted molar refractivity (Wildman–Crippen MR) is 52.1 cm³/mol. The topological polar surface area (TPSA) is 61.0 Å². The van der Waals surface area contributed by atoms with Crippen LogP contribution in [0.1, 0.15) is 18.3 Å². The Kier molecular flexibility index (Phi) is 3.76. The lowest BCUT2D eigenvalue weighted by atomic mass is 10.3. The van der Waals surface area contributed by atoms with E-state index in [1.54, 1.807) is 6.92 Å². The molecule has 15 heavy (non-hydrogen) atoms. The smallest absolute Gasteiger partial charge is 0.272 e. The average molecular weight is 217 g/mol.